The Kier molecular flexibility index (Phi) is 12.0. The fourth-order valence-electron chi connectivity index (χ4n) is 2.83. The van der Waals surface area contributed by atoms with Gasteiger partial charge in [0, 0.05) is 18.6 Å². The molecule has 188 valence electrons. The summed E-state index contributed by atoms with van der Waals surface area (Å²) in [5.74, 6) is -4.59. The first-order valence-corrected chi connectivity index (χ1v) is 11.1. The smallest absolute Gasteiger partial charge is 0.326 e. The second kappa shape index (κ2) is 14.2. The number of primary amides is 1. The maximum Gasteiger partial charge on any atom is 0.326 e. The predicted octanol–water partition coefficient (Wildman–Crippen LogP) is -2.33. The Labute approximate surface area is 202 Å². The molecule has 0 aliphatic heterocycles. The maximum absolute atomic E-state index is 12.9. The molecular weight excluding hydrogens is 466 g/mol. The van der Waals surface area contributed by atoms with Crippen LogP contribution in [0.3, 0.4) is 0 Å². The molecule has 5 unspecified atom stereocenters. The molecule has 0 spiro atoms. The molecule has 5 atom stereocenters. The van der Waals surface area contributed by atoms with E-state index in [0.29, 0.717) is 5.56 Å². The Bertz CT molecular complexity index is 868. The molecule has 0 fully saturated rings. The number of rotatable bonds is 14. The molecular formula is C21H31N5O7S. The number of aliphatic hydroxyl groups is 1. The van der Waals surface area contributed by atoms with Crippen LogP contribution in [0.25, 0.3) is 0 Å². The third-order valence-corrected chi connectivity index (χ3v) is 5.21. The number of thiol groups is 1. The highest BCUT2D eigenvalue weighted by molar-refractivity contribution is 7.80. The Morgan fingerprint density at radius 3 is 1.97 bits per heavy atom. The molecule has 4 amide bonds. The van der Waals surface area contributed by atoms with E-state index in [9.17, 15) is 34.2 Å². The second-order valence-electron chi connectivity index (χ2n) is 7.67. The van der Waals surface area contributed by atoms with Gasteiger partial charge in [-0.25, -0.2) is 4.79 Å². The fourth-order valence-corrected chi connectivity index (χ4v) is 3.09. The number of carboxylic acid groups (broad SMARTS) is 1. The number of nitrogens with two attached hydrogens (primary N) is 2. The van der Waals surface area contributed by atoms with E-state index in [4.69, 9.17) is 11.5 Å². The van der Waals surface area contributed by atoms with Crippen LogP contribution in [0.2, 0.25) is 0 Å². The summed E-state index contributed by atoms with van der Waals surface area (Å²) < 4.78 is 0. The summed E-state index contributed by atoms with van der Waals surface area (Å²) in [6.07, 6.45) is -1.63. The van der Waals surface area contributed by atoms with Gasteiger partial charge >= 0.3 is 5.97 Å². The van der Waals surface area contributed by atoms with E-state index in [2.05, 4.69) is 28.6 Å². The minimum absolute atomic E-state index is 0.0149. The number of hydrogen-bond donors (Lipinski definition) is 8. The van der Waals surface area contributed by atoms with Gasteiger partial charge < -0.3 is 37.6 Å². The van der Waals surface area contributed by atoms with Crippen molar-refractivity contribution >= 4 is 42.2 Å². The summed E-state index contributed by atoms with van der Waals surface area (Å²) in [5.41, 5.74) is 11.3. The van der Waals surface area contributed by atoms with E-state index in [0.717, 1.165) is 0 Å². The first-order chi connectivity index (χ1) is 16.0. The van der Waals surface area contributed by atoms with Crippen LogP contribution in [0, 0.1) is 0 Å². The number of hydrogen-bond acceptors (Lipinski definition) is 8. The van der Waals surface area contributed by atoms with E-state index in [1.54, 1.807) is 30.3 Å². The summed E-state index contributed by atoms with van der Waals surface area (Å²) in [6.45, 7) is 1.32. The summed E-state index contributed by atoms with van der Waals surface area (Å²) in [4.78, 5) is 60.4. The minimum Gasteiger partial charge on any atom is -0.480 e. The van der Waals surface area contributed by atoms with Crippen LogP contribution in [0.15, 0.2) is 30.3 Å². The van der Waals surface area contributed by atoms with Crippen LogP contribution < -0.4 is 27.4 Å². The Hall–Kier alpha value is -3.16. The molecule has 0 aliphatic rings. The second-order valence-corrected chi connectivity index (χ2v) is 8.03. The normalized spacial score (nSPS) is 15.2. The molecule has 0 radical (unpaired) electrons. The van der Waals surface area contributed by atoms with E-state index < -0.39 is 59.9 Å². The van der Waals surface area contributed by atoms with Crippen molar-refractivity contribution in [2.75, 3.05) is 5.75 Å². The molecule has 0 aromatic heterocycles. The number of nitrogens with one attached hydrogen (secondary N) is 3. The lowest BCUT2D eigenvalue weighted by molar-refractivity contribution is -0.142. The Morgan fingerprint density at radius 1 is 0.941 bits per heavy atom. The molecule has 0 aliphatic carbocycles. The first-order valence-electron chi connectivity index (χ1n) is 10.5. The number of carbonyl (C=O) groups is 5. The molecule has 1 aromatic rings. The third-order valence-electron chi connectivity index (χ3n) is 4.85. The third kappa shape index (κ3) is 9.77. The standard InChI is InChI=1S/C21H31N5O7S/c1-11(27)17(23)20(31)26-15(10-34)19(30)25-14(9-12-5-3-2-4-6-12)18(29)24-13(21(32)33)7-8-16(22)28/h2-6,11,13-15,17,27,34H,7-10,23H2,1H3,(H2,22,28)(H,24,29)(H,25,30)(H,26,31)(H,32,33). The van der Waals surface area contributed by atoms with Gasteiger partial charge in [-0.3, -0.25) is 19.2 Å². The van der Waals surface area contributed by atoms with Crippen molar-refractivity contribution < 1.29 is 34.2 Å². The van der Waals surface area contributed by atoms with Gasteiger partial charge in [0.25, 0.3) is 0 Å². The molecule has 34 heavy (non-hydrogen) atoms. The summed E-state index contributed by atoms with van der Waals surface area (Å²) >= 11 is 4.05. The van der Waals surface area contributed by atoms with E-state index in [1.165, 1.54) is 6.92 Å². The Balaban J connectivity index is 3.02. The van der Waals surface area contributed by atoms with Gasteiger partial charge in [0.15, 0.2) is 0 Å². The number of aliphatic carboxylic acids is 1. The van der Waals surface area contributed by atoms with Crippen molar-refractivity contribution in [1.82, 2.24) is 16.0 Å². The molecule has 0 bridgehead atoms. The van der Waals surface area contributed by atoms with Gasteiger partial charge in [-0.2, -0.15) is 12.6 Å². The Morgan fingerprint density at radius 2 is 1.47 bits per heavy atom. The topological polar surface area (TPSA) is 214 Å². The number of benzene rings is 1. The average Bonchev–Trinajstić information content (AvgIpc) is 2.78. The van der Waals surface area contributed by atoms with Crippen LogP contribution in [0.1, 0.15) is 25.3 Å². The van der Waals surface area contributed by atoms with Crippen LogP contribution in [-0.4, -0.2) is 75.8 Å². The fraction of sp³-hybridized carbons (Fsp3) is 0.476. The zero-order valence-corrected chi connectivity index (χ0v) is 19.5. The largest absolute Gasteiger partial charge is 0.480 e. The van der Waals surface area contributed by atoms with Gasteiger partial charge in [-0.15, -0.1) is 0 Å². The maximum atomic E-state index is 12.9. The monoisotopic (exact) mass is 497 g/mol. The number of carbonyl (C=O) groups excluding carboxylic acids is 4. The van der Waals surface area contributed by atoms with Gasteiger partial charge in [0.2, 0.25) is 23.6 Å². The lowest BCUT2D eigenvalue weighted by Crippen LogP contribution is -2.59. The van der Waals surface area contributed by atoms with Crippen LogP contribution in [0.5, 0.6) is 0 Å². The van der Waals surface area contributed by atoms with E-state index in [-0.39, 0.29) is 25.0 Å². The molecule has 12 nitrogen and oxygen atoms in total. The zero-order chi connectivity index (χ0) is 25.8. The SMILES string of the molecule is CC(O)C(N)C(=O)NC(CS)C(=O)NC(Cc1ccccc1)C(=O)NC(CCC(N)=O)C(=O)O. The number of carboxylic acids is 1. The predicted molar refractivity (Wildman–Crippen MR) is 126 cm³/mol. The molecule has 0 saturated carbocycles. The molecule has 1 rings (SSSR count). The van der Waals surface area contributed by atoms with Crippen molar-refractivity contribution in [3.63, 3.8) is 0 Å². The van der Waals surface area contributed by atoms with Crippen molar-refractivity contribution in [3.05, 3.63) is 35.9 Å². The van der Waals surface area contributed by atoms with Gasteiger partial charge in [0.05, 0.1) is 6.10 Å². The molecule has 9 N–H and O–H groups in total. The molecule has 13 heteroatoms. The lowest BCUT2D eigenvalue weighted by atomic mass is 10.0. The lowest BCUT2D eigenvalue weighted by Gasteiger charge is -2.25. The number of amides is 4. The van der Waals surface area contributed by atoms with Crippen molar-refractivity contribution in [2.45, 2.75) is 56.5 Å². The molecule has 0 saturated heterocycles. The summed E-state index contributed by atoms with van der Waals surface area (Å²) in [5, 5.41) is 26.0. The van der Waals surface area contributed by atoms with Gasteiger partial charge in [-0.05, 0) is 18.9 Å². The molecule has 1 aromatic carbocycles. The van der Waals surface area contributed by atoms with Crippen LogP contribution in [0.4, 0.5) is 0 Å². The van der Waals surface area contributed by atoms with Crippen molar-refractivity contribution in [2.24, 2.45) is 11.5 Å². The van der Waals surface area contributed by atoms with Crippen molar-refractivity contribution in [1.29, 1.82) is 0 Å². The quantitative estimate of drug-likeness (QED) is 0.130. The first kappa shape index (κ1) is 28.9. The minimum atomic E-state index is -1.40. The van der Waals surface area contributed by atoms with Crippen LogP contribution >= 0.6 is 12.6 Å². The summed E-state index contributed by atoms with van der Waals surface area (Å²) in [7, 11) is 0. The van der Waals surface area contributed by atoms with E-state index in [1.807, 2.05) is 0 Å². The number of aliphatic hydroxyl groups excluding tert-OH is 1. The molecule has 0 heterocycles. The highest BCUT2D eigenvalue weighted by Crippen LogP contribution is 2.06. The average molecular weight is 498 g/mol. The van der Waals surface area contributed by atoms with Gasteiger partial charge in [0.1, 0.15) is 24.2 Å². The van der Waals surface area contributed by atoms with Crippen LogP contribution in [-0.2, 0) is 30.4 Å². The highest BCUT2D eigenvalue weighted by atomic mass is 32.1. The van der Waals surface area contributed by atoms with Gasteiger partial charge in [-0.1, -0.05) is 30.3 Å². The zero-order valence-electron chi connectivity index (χ0n) is 18.6. The highest BCUT2D eigenvalue weighted by Gasteiger charge is 2.30. The summed E-state index contributed by atoms with van der Waals surface area (Å²) in [6, 6.07) is 3.58. The van der Waals surface area contributed by atoms with E-state index >= 15 is 0 Å². The van der Waals surface area contributed by atoms with Crippen molar-refractivity contribution in [3.8, 4) is 0 Å².